The molecule has 2 aromatic carbocycles. The monoisotopic (exact) mass is 313 g/mol. The lowest BCUT2D eigenvalue weighted by Gasteiger charge is -2.21. The first-order valence-electron chi connectivity index (χ1n) is 7.48. The molecular formula is C18H19NO4. The number of hydrogen-bond acceptors (Lipinski definition) is 4. The number of carbonyl (C=O) groups excluding carboxylic acids is 1. The number of aromatic hydroxyl groups is 1. The van der Waals surface area contributed by atoms with E-state index in [0.29, 0.717) is 31.1 Å². The van der Waals surface area contributed by atoms with Crippen LogP contribution in [0.1, 0.15) is 21.5 Å². The molecule has 0 radical (unpaired) electrons. The lowest BCUT2D eigenvalue weighted by atomic mass is 10.1. The van der Waals surface area contributed by atoms with Gasteiger partial charge >= 0.3 is 0 Å². The molecular weight excluding hydrogens is 294 g/mol. The molecule has 5 heteroatoms. The summed E-state index contributed by atoms with van der Waals surface area (Å²) in [5, 5.41) is 9.95. The Kier molecular flexibility index (Phi) is 4.10. The number of nitrogens with zero attached hydrogens (tertiary/aromatic N) is 1. The minimum Gasteiger partial charge on any atom is -0.507 e. The van der Waals surface area contributed by atoms with Crippen LogP contribution < -0.4 is 9.47 Å². The molecule has 1 aliphatic rings. The number of benzene rings is 2. The number of aryl methyl sites for hydroxylation is 1. The molecule has 0 saturated heterocycles. The van der Waals surface area contributed by atoms with Crippen molar-refractivity contribution in [3.63, 3.8) is 0 Å². The Balaban J connectivity index is 1.75. The Labute approximate surface area is 135 Å². The zero-order chi connectivity index (χ0) is 16.4. The Morgan fingerprint density at radius 1 is 1.13 bits per heavy atom. The second-order valence-corrected chi connectivity index (χ2v) is 5.66. The average molecular weight is 313 g/mol. The van der Waals surface area contributed by atoms with Gasteiger partial charge in [0, 0.05) is 13.6 Å². The maximum absolute atomic E-state index is 12.5. The molecule has 120 valence electrons. The van der Waals surface area contributed by atoms with E-state index in [1.54, 1.807) is 24.1 Å². The standard InChI is InChI=1S/C18H19NO4/c1-12-3-5-14(15(20)9-12)18(21)19(2)11-13-4-6-16-17(10-13)23-8-7-22-16/h3-6,9-10,20H,7-8,11H2,1-2H3. The number of carbonyl (C=O) groups is 1. The summed E-state index contributed by atoms with van der Waals surface area (Å²) < 4.78 is 11.0. The van der Waals surface area contributed by atoms with Gasteiger partial charge in [0.1, 0.15) is 19.0 Å². The largest absolute Gasteiger partial charge is 0.507 e. The molecule has 3 rings (SSSR count). The van der Waals surface area contributed by atoms with Gasteiger partial charge in [-0.1, -0.05) is 12.1 Å². The maximum Gasteiger partial charge on any atom is 0.257 e. The molecule has 0 bridgehead atoms. The van der Waals surface area contributed by atoms with Crippen LogP contribution in [-0.2, 0) is 6.54 Å². The highest BCUT2D eigenvalue weighted by Crippen LogP contribution is 2.31. The molecule has 0 aromatic heterocycles. The van der Waals surface area contributed by atoms with Gasteiger partial charge in [-0.3, -0.25) is 4.79 Å². The van der Waals surface area contributed by atoms with Gasteiger partial charge < -0.3 is 19.5 Å². The van der Waals surface area contributed by atoms with Crippen LogP contribution >= 0.6 is 0 Å². The van der Waals surface area contributed by atoms with E-state index in [4.69, 9.17) is 9.47 Å². The first-order valence-corrected chi connectivity index (χ1v) is 7.48. The number of phenolic OH excluding ortho intramolecular Hbond substituents is 1. The summed E-state index contributed by atoms with van der Waals surface area (Å²) in [4.78, 5) is 14.0. The zero-order valence-electron chi connectivity index (χ0n) is 13.2. The molecule has 0 atom stereocenters. The summed E-state index contributed by atoms with van der Waals surface area (Å²) in [5.41, 5.74) is 2.15. The highest BCUT2D eigenvalue weighted by atomic mass is 16.6. The van der Waals surface area contributed by atoms with E-state index < -0.39 is 0 Å². The number of ether oxygens (including phenoxy) is 2. The third-order valence-corrected chi connectivity index (χ3v) is 3.76. The van der Waals surface area contributed by atoms with Gasteiger partial charge in [-0.25, -0.2) is 0 Å². The minimum absolute atomic E-state index is 0.00373. The Morgan fingerprint density at radius 2 is 1.87 bits per heavy atom. The minimum atomic E-state index is -0.225. The third kappa shape index (κ3) is 3.23. The van der Waals surface area contributed by atoms with Crippen molar-refractivity contribution in [1.29, 1.82) is 0 Å². The van der Waals surface area contributed by atoms with E-state index >= 15 is 0 Å². The van der Waals surface area contributed by atoms with Crippen molar-refractivity contribution in [2.45, 2.75) is 13.5 Å². The highest BCUT2D eigenvalue weighted by Gasteiger charge is 2.17. The predicted molar refractivity (Wildman–Crippen MR) is 86.1 cm³/mol. The van der Waals surface area contributed by atoms with Crippen molar-refractivity contribution in [2.75, 3.05) is 20.3 Å². The van der Waals surface area contributed by atoms with Gasteiger partial charge in [-0.2, -0.15) is 0 Å². The van der Waals surface area contributed by atoms with Gasteiger partial charge in [0.2, 0.25) is 0 Å². The van der Waals surface area contributed by atoms with Crippen LogP contribution in [0.3, 0.4) is 0 Å². The van der Waals surface area contributed by atoms with Crippen LogP contribution in [0.4, 0.5) is 0 Å². The molecule has 1 heterocycles. The second kappa shape index (κ2) is 6.20. The average Bonchev–Trinajstić information content (AvgIpc) is 2.54. The molecule has 0 aliphatic carbocycles. The van der Waals surface area contributed by atoms with Gasteiger partial charge in [0.15, 0.2) is 11.5 Å². The number of fused-ring (bicyclic) bond motifs is 1. The summed E-state index contributed by atoms with van der Waals surface area (Å²) >= 11 is 0. The van der Waals surface area contributed by atoms with Crippen molar-refractivity contribution < 1.29 is 19.4 Å². The fraction of sp³-hybridized carbons (Fsp3) is 0.278. The third-order valence-electron chi connectivity index (χ3n) is 3.76. The number of phenols is 1. The van der Waals surface area contributed by atoms with Crippen molar-refractivity contribution in [2.24, 2.45) is 0 Å². The molecule has 0 saturated carbocycles. The number of amides is 1. The summed E-state index contributed by atoms with van der Waals surface area (Å²) in [6.45, 7) is 3.37. The van der Waals surface area contributed by atoms with E-state index in [-0.39, 0.29) is 11.7 Å². The number of hydrogen-bond donors (Lipinski definition) is 1. The maximum atomic E-state index is 12.5. The van der Waals surface area contributed by atoms with E-state index in [2.05, 4.69) is 0 Å². The fourth-order valence-electron chi connectivity index (χ4n) is 2.56. The van der Waals surface area contributed by atoms with Crippen LogP contribution in [0.15, 0.2) is 36.4 Å². The second-order valence-electron chi connectivity index (χ2n) is 5.66. The van der Waals surface area contributed by atoms with Crippen LogP contribution in [0, 0.1) is 6.92 Å². The summed E-state index contributed by atoms with van der Waals surface area (Å²) in [7, 11) is 1.71. The molecule has 0 fully saturated rings. The molecule has 1 N–H and O–H groups in total. The van der Waals surface area contributed by atoms with E-state index in [0.717, 1.165) is 16.9 Å². The first kappa shape index (κ1) is 15.2. The molecule has 1 amide bonds. The van der Waals surface area contributed by atoms with Crippen LogP contribution in [0.2, 0.25) is 0 Å². The van der Waals surface area contributed by atoms with Crippen molar-refractivity contribution in [1.82, 2.24) is 4.90 Å². The summed E-state index contributed by atoms with van der Waals surface area (Å²) in [5.74, 6) is 1.21. The SMILES string of the molecule is Cc1ccc(C(=O)N(C)Cc2ccc3c(c2)OCCO3)c(O)c1. The zero-order valence-corrected chi connectivity index (χ0v) is 13.2. The van der Waals surface area contributed by atoms with Gasteiger partial charge in [-0.05, 0) is 42.3 Å². The van der Waals surface area contributed by atoms with E-state index in [1.165, 1.54) is 0 Å². The Morgan fingerprint density at radius 3 is 2.61 bits per heavy atom. The van der Waals surface area contributed by atoms with Crippen molar-refractivity contribution >= 4 is 5.91 Å². The lowest BCUT2D eigenvalue weighted by molar-refractivity contribution is 0.0781. The van der Waals surface area contributed by atoms with Crippen LogP contribution in [0.25, 0.3) is 0 Å². The normalized spacial score (nSPS) is 12.8. The van der Waals surface area contributed by atoms with Crippen LogP contribution in [0.5, 0.6) is 17.2 Å². The molecule has 0 unspecified atom stereocenters. The van der Waals surface area contributed by atoms with Crippen molar-refractivity contribution in [3.8, 4) is 17.2 Å². The van der Waals surface area contributed by atoms with Gasteiger partial charge in [0.05, 0.1) is 5.56 Å². The Hall–Kier alpha value is -2.69. The van der Waals surface area contributed by atoms with E-state index in [1.807, 2.05) is 31.2 Å². The highest BCUT2D eigenvalue weighted by molar-refractivity contribution is 5.96. The lowest BCUT2D eigenvalue weighted by Crippen LogP contribution is -2.26. The molecule has 1 aliphatic heterocycles. The topological polar surface area (TPSA) is 59.0 Å². The molecule has 5 nitrogen and oxygen atoms in total. The molecule has 2 aromatic rings. The molecule has 0 spiro atoms. The quantitative estimate of drug-likeness (QED) is 0.946. The fourth-order valence-corrected chi connectivity index (χ4v) is 2.56. The van der Waals surface area contributed by atoms with Crippen molar-refractivity contribution in [3.05, 3.63) is 53.1 Å². The summed E-state index contributed by atoms with van der Waals surface area (Å²) in [6, 6.07) is 10.7. The molecule has 23 heavy (non-hydrogen) atoms. The Bertz CT molecular complexity index is 742. The first-order chi connectivity index (χ1) is 11.0. The van der Waals surface area contributed by atoms with Gasteiger partial charge in [0.25, 0.3) is 5.91 Å². The van der Waals surface area contributed by atoms with Crippen LogP contribution in [-0.4, -0.2) is 36.2 Å². The van der Waals surface area contributed by atoms with E-state index in [9.17, 15) is 9.90 Å². The summed E-state index contributed by atoms with van der Waals surface area (Å²) in [6.07, 6.45) is 0. The smallest absolute Gasteiger partial charge is 0.257 e. The number of rotatable bonds is 3. The predicted octanol–water partition coefficient (Wildman–Crippen LogP) is 2.74. The van der Waals surface area contributed by atoms with Gasteiger partial charge in [-0.15, -0.1) is 0 Å².